The molecule has 0 saturated carbocycles. The normalized spacial score (nSPS) is 15.3. The van der Waals surface area contributed by atoms with Crippen LogP contribution in [0.5, 0.6) is 0 Å². The molecule has 0 spiro atoms. The average Bonchev–Trinajstić information content (AvgIpc) is 3.18. The van der Waals surface area contributed by atoms with Gasteiger partial charge in [0.25, 0.3) is 0 Å². The highest BCUT2D eigenvalue weighted by molar-refractivity contribution is 7.13. The van der Waals surface area contributed by atoms with Gasteiger partial charge in [-0.2, -0.15) is 0 Å². The molecule has 128 valence electrons. The van der Waals surface area contributed by atoms with E-state index in [4.69, 9.17) is 0 Å². The van der Waals surface area contributed by atoms with Crippen LogP contribution < -0.4 is 10.2 Å². The lowest BCUT2D eigenvalue weighted by atomic mass is 10.2. The number of thiophene rings is 1. The predicted molar refractivity (Wildman–Crippen MR) is 105 cm³/mol. The molecule has 0 bridgehead atoms. The molecule has 1 aliphatic rings. The number of rotatable bonds is 4. The molecule has 0 amide bonds. The number of nitrogens with zero attached hydrogens (tertiary/aromatic N) is 4. The van der Waals surface area contributed by atoms with Gasteiger partial charge in [-0.1, -0.05) is 6.07 Å². The summed E-state index contributed by atoms with van der Waals surface area (Å²) < 4.78 is 0. The number of piperazine rings is 1. The molecule has 1 aliphatic heterocycles. The highest BCUT2D eigenvalue weighted by Gasteiger charge is 2.14. The van der Waals surface area contributed by atoms with Crippen molar-refractivity contribution in [3.8, 4) is 10.6 Å². The molecule has 1 N–H and O–H groups in total. The monoisotopic (exact) mass is 351 g/mol. The summed E-state index contributed by atoms with van der Waals surface area (Å²) in [5.41, 5.74) is 3.22. The molecule has 0 atom stereocenters. The molecule has 0 radical (unpaired) electrons. The van der Waals surface area contributed by atoms with Crippen LogP contribution in [0.4, 0.5) is 17.3 Å². The van der Waals surface area contributed by atoms with E-state index < -0.39 is 0 Å². The summed E-state index contributed by atoms with van der Waals surface area (Å²) in [7, 11) is 2.18. The van der Waals surface area contributed by atoms with Crippen molar-refractivity contribution in [2.75, 3.05) is 43.4 Å². The van der Waals surface area contributed by atoms with Crippen LogP contribution in [-0.2, 0) is 0 Å². The quantitative estimate of drug-likeness (QED) is 0.776. The summed E-state index contributed by atoms with van der Waals surface area (Å²) >= 11 is 1.68. The molecule has 3 heterocycles. The minimum atomic E-state index is 0.623. The van der Waals surface area contributed by atoms with E-state index in [0.29, 0.717) is 5.95 Å². The standard InChI is InChI=1S/C19H21N5S/c1-23-10-12-24(13-11-23)16-6-4-15(5-7-16)21-19-20-9-8-17(22-19)18-3-2-14-25-18/h2-9,14H,10-13H2,1H3,(H,20,21,22). The van der Waals surface area contributed by atoms with Gasteiger partial charge in [0.1, 0.15) is 0 Å². The Morgan fingerprint density at radius 3 is 2.52 bits per heavy atom. The third-order valence-electron chi connectivity index (χ3n) is 4.42. The Bertz CT molecular complexity index is 808. The highest BCUT2D eigenvalue weighted by Crippen LogP contribution is 2.24. The fourth-order valence-corrected chi connectivity index (χ4v) is 3.63. The molecule has 25 heavy (non-hydrogen) atoms. The molecule has 3 aromatic rings. The molecule has 0 aliphatic carbocycles. The number of nitrogens with one attached hydrogen (secondary N) is 1. The summed E-state index contributed by atoms with van der Waals surface area (Å²) in [5, 5.41) is 5.36. The molecule has 2 aromatic heterocycles. The first-order valence-corrected chi connectivity index (χ1v) is 9.33. The van der Waals surface area contributed by atoms with Gasteiger partial charge in [-0.15, -0.1) is 11.3 Å². The molecule has 0 unspecified atom stereocenters. The van der Waals surface area contributed by atoms with Crippen molar-refractivity contribution in [1.29, 1.82) is 0 Å². The van der Waals surface area contributed by atoms with Crippen molar-refractivity contribution in [3.63, 3.8) is 0 Å². The van der Waals surface area contributed by atoms with Gasteiger partial charge in [0, 0.05) is 43.8 Å². The van der Waals surface area contributed by atoms with Crippen LogP contribution in [0.3, 0.4) is 0 Å². The van der Waals surface area contributed by atoms with Crippen LogP contribution in [0, 0.1) is 0 Å². The zero-order valence-electron chi connectivity index (χ0n) is 14.2. The molecule has 1 fully saturated rings. The van der Waals surface area contributed by atoms with E-state index in [2.05, 4.69) is 67.8 Å². The Labute approximate surface area is 152 Å². The Kier molecular flexibility index (Phi) is 4.63. The average molecular weight is 351 g/mol. The zero-order chi connectivity index (χ0) is 17.1. The third-order valence-corrected chi connectivity index (χ3v) is 5.31. The Morgan fingerprint density at radius 2 is 1.80 bits per heavy atom. The Morgan fingerprint density at radius 1 is 1.00 bits per heavy atom. The largest absolute Gasteiger partial charge is 0.369 e. The molecule has 4 rings (SSSR count). The number of anilines is 3. The smallest absolute Gasteiger partial charge is 0.227 e. The van der Waals surface area contributed by atoms with Crippen molar-refractivity contribution < 1.29 is 0 Å². The van der Waals surface area contributed by atoms with Crippen molar-refractivity contribution in [3.05, 3.63) is 54.0 Å². The summed E-state index contributed by atoms with van der Waals surface area (Å²) in [5.74, 6) is 0.623. The second-order valence-electron chi connectivity index (χ2n) is 6.20. The van der Waals surface area contributed by atoms with Crippen LogP contribution in [0.2, 0.25) is 0 Å². The molecule has 5 nitrogen and oxygen atoms in total. The van der Waals surface area contributed by atoms with Crippen LogP contribution in [0.1, 0.15) is 0 Å². The van der Waals surface area contributed by atoms with Crippen molar-refractivity contribution in [2.24, 2.45) is 0 Å². The maximum Gasteiger partial charge on any atom is 0.227 e. The van der Waals surface area contributed by atoms with Crippen molar-refractivity contribution in [2.45, 2.75) is 0 Å². The van der Waals surface area contributed by atoms with Gasteiger partial charge in [0.2, 0.25) is 5.95 Å². The van der Waals surface area contributed by atoms with Gasteiger partial charge in [0.15, 0.2) is 0 Å². The fourth-order valence-electron chi connectivity index (χ4n) is 2.93. The van der Waals surface area contributed by atoms with E-state index in [1.54, 1.807) is 17.5 Å². The molecular weight excluding hydrogens is 330 g/mol. The van der Waals surface area contributed by atoms with E-state index in [-0.39, 0.29) is 0 Å². The first-order valence-electron chi connectivity index (χ1n) is 8.45. The number of benzene rings is 1. The van der Waals surface area contributed by atoms with Crippen LogP contribution in [-0.4, -0.2) is 48.1 Å². The zero-order valence-corrected chi connectivity index (χ0v) is 15.0. The lowest BCUT2D eigenvalue weighted by Gasteiger charge is -2.34. The number of hydrogen-bond acceptors (Lipinski definition) is 6. The maximum atomic E-state index is 4.60. The number of hydrogen-bond donors (Lipinski definition) is 1. The number of likely N-dealkylation sites (N-methyl/N-ethyl adjacent to an activating group) is 1. The van der Waals surface area contributed by atoms with E-state index >= 15 is 0 Å². The van der Waals surface area contributed by atoms with E-state index in [9.17, 15) is 0 Å². The van der Waals surface area contributed by atoms with E-state index in [1.165, 1.54) is 5.69 Å². The van der Waals surface area contributed by atoms with Gasteiger partial charge in [-0.25, -0.2) is 9.97 Å². The van der Waals surface area contributed by atoms with Gasteiger partial charge in [-0.3, -0.25) is 0 Å². The van der Waals surface area contributed by atoms with Gasteiger partial charge in [-0.05, 0) is 48.8 Å². The van der Waals surface area contributed by atoms with Crippen molar-refractivity contribution in [1.82, 2.24) is 14.9 Å². The first-order chi connectivity index (χ1) is 12.3. The second-order valence-corrected chi connectivity index (χ2v) is 7.15. The van der Waals surface area contributed by atoms with Gasteiger partial charge < -0.3 is 15.1 Å². The summed E-state index contributed by atoms with van der Waals surface area (Å²) in [6.45, 7) is 4.39. The van der Waals surface area contributed by atoms with E-state index in [0.717, 1.165) is 42.4 Å². The van der Waals surface area contributed by atoms with Crippen LogP contribution in [0.15, 0.2) is 54.0 Å². The highest BCUT2D eigenvalue weighted by atomic mass is 32.1. The Hall–Kier alpha value is -2.44. The maximum absolute atomic E-state index is 4.60. The minimum absolute atomic E-state index is 0.623. The third kappa shape index (κ3) is 3.81. The molecular formula is C19H21N5S. The number of aromatic nitrogens is 2. The fraction of sp³-hybridized carbons (Fsp3) is 0.263. The Balaban J connectivity index is 1.45. The van der Waals surface area contributed by atoms with Crippen LogP contribution >= 0.6 is 11.3 Å². The van der Waals surface area contributed by atoms with E-state index in [1.807, 2.05) is 12.1 Å². The molecule has 6 heteroatoms. The van der Waals surface area contributed by atoms with Gasteiger partial charge in [0.05, 0.1) is 10.6 Å². The lowest BCUT2D eigenvalue weighted by molar-refractivity contribution is 0.313. The van der Waals surface area contributed by atoms with Crippen molar-refractivity contribution >= 4 is 28.7 Å². The predicted octanol–water partition coefficient (Wildman–Crippen LogP) is 3.70. The SMILES string of the molecule is CN1CCN(c2ccc(Nc3nccc(-c4cccs4)n3)cc2)CC1. The summed E-state index contributed by atoms with van der Waals surface area (Å²) in [4.78, 5) is 14.9. The summed E-state index contributed by atoms with van der Waals surface area (Å²) in [6, 6.07) is 14.6. The lowest BCUT2D eigenvalue weighted by Crippen LogP contribution is -2.44. The van der Waals surface area contributed by atoms with Crippen LogP contribution in [0.25, 0.3) is 10.6 Å². The molecule has 1 saturated heterocycles. The first kappa shape index (κ1) is 16.1. The second kappa shape index (κ2) is 7.21. The minimum Gasteiger partial charge on any atom is -0.369 e. The topological polar surface area (TPSA) is 44.3 Å². The molecule has 1 aromatic carbocycles. The summed E-state index contributed by atoms with van der Waals surface area (Å²) in [6.07, 6.45) is 1.79. The van der Waals surface area contributed by atoms with Gasteiger partial charge >= 0.3 is 0 Å².